The van der Waals surface area contributed by atoms with Gasteiger partial charge in [0.2, 0.25) is 0 Å². The number of halogens is 1. The van der Waals surface area contributed by atoms with E-state index in [4.69, 9.17) is 0 Å². The highest BCUT2D eigenvalue weighted by atomic mass is 127. The van der Waals surface area contributed by atoms with Gasteiger partial charge in [-0.2, -0.15) is 12.6 Å². The van der Waals surface area contributed by atoms with E-state index in [0.29, 0.717) is 9.30 Å². The normalized spacial score (nSPS) is 42.0. The van der Waals surface area contributed by atoms with Crippen LogP contribution in [0.3, 0.4) is 0 Å². The highest BCUT2D eigenvalue weighted by Crippen LogP contribution is 2.17. The molecule has 0 aromatic carbocycles. The van der Waals surface area contributed by atoms with E-state index in [2.05, 4.69) is 40.5 Å². The Kier molecular flexibility index (Phi) is 2.24. The monoisotopic (exact) mass is 229 g/mol. The third-order valence-corrected chi connectivity index (χ3v) is 3.55. The van der Waals surface area contributed by atoms with Crippen LogP contribution >= 0.6 is 35.2 Å². The summed E-state index contributed by atoms with van der Waals surface area (Å²) in [6.07, 6.45) is 1.22. The van der Waals surface area contributed by atoms with E-state index < -0.39 is 0 Å². The fourth-order valence-corrected chi connectivity index (χ4v) is 1.56. The Morgan fingerprint density at radius 3 is 2.57 bits per heavy atom. The van der Waals surface area contributed by atoms with Gasteiger partial charge in [0, 0.05) is 5.25 Å². The van der Waals surface area contributed by atoms with Crippen molar-refractivity contribution in [2.75, 3.05) is 6.54 Å². The summed E-state index contributed by atoms with van der Waals surface area (Å²) >= 11 is 6.69. The third kappa shape index (κ3) is 1.47. The minimum atomic E-state index is 0.584. The second kappa shape index (κ2) is 2.55. The van der Waals surface area contributed by atoms with Crippen molar-refractivity contribution < 1.29 is 0 Å². The average molecular weight is 229 g/mol. The van der Waals surface area contributed by atoms with Crippen molar-refractivity contribution in [2.45, 2.75) is 15.7 Å². The number of hydrogen-bond donors (Lipinski definition) is 2. The molecule has 0 amide bonds. The highest BCUT2D eigenvalue weighted by molar-refractivity contribution is 14.1. The van der Waals surface area contributed by atoms with Crippen LogP contribution in [0.1, 0.15) is 6.42 Å². The van der Waals surface area contributed by atoms with Gasteiger partial charge in [-0.1, -0.05) is 22.6 Å². The molecule has 0 spiro atoms. The van der Waals surface area contributed by atoms with E-state index in [1.54, 1.807) is 0 Å². The predicted octanol–water partition coefficient (Wildman–Crippen LogP) is 1.04. The largest absolute Gasteiger partial charge is 0.305 e. The quantitative estimate of drug-likeness (QED) is 0.274. The summed E-state index contributed by atoms with van der Waals surface area (Å²) in [6.45, 7) is 1.14. The standard InChI is InChI=1S/C4H8INS/c5-4-3(7)1-2-6-4/h3-4,6-7H,1-2H2. The maximum Gasteiger partial charge on any atom is 0.0711 e. The maximum absolute atomic E-state index is 4.32. The van der Waals surface area contributed by atoms with Gasteiger partial charge in [0.1, 0.15) is 0 Å². The molecule has 7 heavy (non-hydrogen) atoms. The van der Waals surface area contributed by atoms with Crippen molar-refractivity contribution in [2.24, 2.45) is 0 Å². The van der Waals surface area contributed by atoms with Gasteiger partial charge in [-0.3, -0.25) is 0 Å². The van der Waals surface area contributed by atoms with E-state index in [-0.39, 0.29) is 0 Å². The molecule has 1 saturated heterocycles. The first kappa shape index (κ1) is 6.16. The lowest BCUT2D eigenvalue weighted by molar-refractivity contribution is 0.837. The minimum Gasteiger partial charge on any atom is -0.305 e. The molecule has 0 aromatic heterocycles. The molecule has 1 heterocycles. The first-order valence-corrected chi connectivity index (χ1v) is 4.12. The van der Waals surface area contributed by atoms with Crippen LogP contribution in [0.15, 0.2) is 0 Å². The van der Waals surface area contributed by atoms with E-state index in [0.717, 1.165) is 6.54 Å². The van der Waals surface area contributed by atoms with Gasteiger partial charge >= 0.3 is 0 Å². The van der Waals surface area contributed by atoms with Gasteiger partial charge < -0.3 is 5.32 Å². The first-order valence-electron chi connectivity index (χ1n) is 2.36. The van der Waals surface area contributed by atoms with Crippen LogP contribution in [0, 0.1) is 0 Å². The lowest BCUT2D eigenvalue weighted by Gasteiger charge is -2.02. The summed E-state index contributed by atoms with van der Waals surface area (Å²) in [5.41, 5.74) is 0. The van der Waals surface area contributed by atoms with E-state index in [1.165, 1.54) is 6.42 Å². The molecule has 1 aliphatic rings. The number of rotatable bonds is 0. The summed E-state index contributed by atoms with van der Waals surface area (Å²) in [5, 5.41) is 3.86. The maximum atomic E-state index is 4.32. The number of hydrogen-bond acceptors (Lipinski definition) is 2. The summed E-state index contributed by atoms with van der Waals surface area (Å²) < 4.78 is 0.598. The summed E-state index contributed by atoms with van der Waals surface area (Å²) in [7, 11) is 0. The van der Waals surface area contributed by atoms with Crippen LogP contribution in [0.4, 0.5) is 0 Å². The Morgan fingerprint density at radius 1 is 1.71 bits per heavy atom. The van der Waals surface area contributed by atoms with Gasteiger partial charge in [-0.05, 0) is 13.0 Å². The highest BCUT2D eigenvalue weighted by Gasteiger charge is 2.19. The van der Waals surface area contributed by atoms with Gasteiger partial charge in [0.15, 0.2) is 0 Å². The lowest BCUT2D eigenvalue weighted by Crippen LogP contribution is -2.18. The molecular weight excluding hydrogens is 221 g/mol. The number of thiol groups is 1. The van der Waals surface area contributed by atoms with Crippen molar-refractivity contribution in [3.05, 3.63) is 0 Å². The Hall–Kier alpha value is 1.04. The zero-order valence-corrected chi connectivity index (χ0v) is 6.95. The van der Waals surface area contributed by atoms with E-state index >= 15 is 0 Å². The van der Waals surface area contributed by atoms with E-state index in [1.807, 2.05) is 0 Å². The van der Waals surface area contributed by atoms with Gasteiger partial charge in [0.05, 0.1) is 4.05 Å². The second-order valence-corrected chi connectivity index (χ2v) is 3.72. The molecule has 1 fully saturated rings. The average Bonchev–Trinajstić information content (AvgIpc) is 1.91. The molecule has 1 rings (SSSR count). The fraction of sp³-hybridized carbons (Fsp3) is 1.00. The van der Waals surface area contributed by atoms with Gasteiger partial charge in [0.25, 0.3) is 0 Å². The smallest absolute Gasteiger partial charge is 0.0711 e. The van der Waals surface area contributed by atoms with Crippen LogP contribution < -0.4 is 5.32 Å². The molecule has 0 aromatic rings. The van der Waals surface area contributed by atoms with Crippen molar-refractivity contribution in [3.8, 4) is 0 Å². The first-order chi connectivity index (χ1) is 3.30. The molecule has 1 nitrogen and oxygen atoms in total. The van der Waals surface area contributed by atoms with Crippen molar-refractivity contribution in [3.63, 3.8) is 0 Å². The SMILES string of the molecule is SC1CCNC1I. The molecule has 1 N–H and O–H groups in total. The molecule has 1 aliphatic heterocycles. The predicted molar refractivity (Wildman–Crippen MR) is 43.2 cm³/mol. The Labute approximate surface area is 62.8 Å². The molecule has 0 aliphatic carbocycles. The molecule has 0 bridgehead atoms. The Morgan fingerprint density at radius 2 is 2.43 bits per heavy atom. The van der Waals surface area contributed by atoms with Crippen molar-refractivity contribution in [1.29, 1.82) is 0 Å². The molecule has 0 radical (unpaired) electrons. The summed E-state index contributed by atoms with van der Waals surface area (Å²) in [5.74, 6) is 0. The van der Waals surface area contributed by atoms with Crippen LogP contribution in [-0.2, 0) is 0 Å². The number of alkyl halides is 1. The fourth-order valence-electron chi connectivity index (χ4n) is 0.651. The molecule has 0 saturated carbocycles. The zero-order valence-electron chi connectivity index (χ0n) is 3.89. The van der Waals surface area contributed by atoms with E-state index in [9.17, 15) is 0 Å². The zero-order chi connectivity index (χ0) is 5.28. The topological polar surface area (TPSA) is 12.0 Å². The Balaban J connectivity index is 2.33. The Bertz CT molecular complexity index is 60.7. The van der Waals surface area contributed by atoms with Gasteiger partial charge in [-0.15, -0.1) is 0 Å². The van der Waals surface area contributed by atoms with Crippen molar-refractivity contribution >= 4 is 35.2 Å². The summed E-state index contributed by atoms with van der Waals surface area (Å²) in [4.78, 5) is 0. The molecule has 3 heteroatoms. The molecule has 42 valence electrons. The van der Waals surface area contributed by atoms with Crippen LogP contribution in [0.25, 0.3) is 0 Å². The molecule has 2 unspecified atom stereocenters. The van der Waals surface area contributed by atoms with Gasteiger partial charge in [-0.25, -0.2) is 0 Å². The lowest BCUT2D eigenvalue weighted by atomic mass is 10.4. The van der Waals surface area contributed by atoms with Crippen LogP contribution in [-0.4, -0.2) is 15.8 Å². The molecular formula is C4H8INS. The van der Waals surface area contributed by atoms with Crippen LogP contribution in [0.2, 0.25) is 0 Å². The third-order valence-electron chi connectivity index (χ3n) is 1.12. The molecule has 2 atom stereocenters. The van der Waals surface area contributed by atoms with Crippen molar-refractivity contribution in [1.82, 2.24) is 5.32 Å². The second-order valence-electron chi connectivity index (χ2n) is 1.71. The number of nitrogens with one attached hydrogen (secondary N) is 1. The minimum absolute atomic E-state index is 0.584. The summed E-state index contributed by atoms with van der Waals surface area (Å²) in [6, 6.07) is 0. The van der Waals surface area contributed by atoms with Crippen LogP contribution in [0.5, 0.6) is 0 Å².